The fraction of sp³-hybridized carbons (Fsp3) is 0.611. The van der Waals surface area contributed by atoms with Crippen molar-refractivity contribution < 1.29 is 0 Å². The Labute approximate surface area is 132 Å². The zero-order chi connectivity index (χ0) is 14.9. The van der Waals surface area contributed by atoms with Gasteiger partial charge in [0.15, 0.2) is 0 Å². The van der Waals surface area contributed by atoms with Gasteiger partial charge in [0, 0.05) is 12.6 Å². The fourth-order valence-electron chi connectivity index (χ4n) is 3.63. The molecule has 0 radical (unpaired) electrons. The lowest BCUT2D eigenvalue weighted by atomic mass is 9.69. The molecular weight excluding hydrogens is 276 g/mol. The van der Waals surface area contributed by atoms with Gasteiger partial charge >= 0.3 is 0 Å². The van der Waals surface area contributed by atoms with E-state index in [2.05, 4.69) is 50.4 Å². The molecule has 1 N–H and O–H groups in total. The van der Waals surface area contributed by atoms with E-state index in [9.17, 15) is 0 Å². The van der Waals surface area contributed by atoms with Crippen LogP contribution in [0.15, 0.2) is 24.3 Å². The van der Waals surface area contributed by atoms with E-state index in [1.807, 2.05) is 11.3 Å². The number of hydrogen-bond acceptors (Lipinski definition) is 3. The second-order valence-corrected chi connectivity index (χ2v) is 8.43. The molecule has 0 bridgehead atoms. The summed E-state index contributed by atoms with van der Waals surface area (Å²) in [6.07, 6.45) is 5.43. The van der Waals surface area contributed by atoms with E-state index in [1.165, 1.54) is 35.4 Å². The van der Waals surface area contributed by atoms with Crippen molar-refractivity contribution in [2.45, 2.75) is 59.0 Å². The molecule has 21 heavy (non-hydrogen) atoms. The molecule has 1 fully saturated rings. The Morgan fingerprint density at radius 3 is 2.71 bits per heavy atom. The second-order valence-electron chi connectivity index (χ2n) is 7.32. The average molecular weight is 302 g/mol. The van der Waals surface area contributed by atoms with E-state index in [0.717, 1.165) is 18.0 Å². The van der Waals surface area contributed by atoms with Crippen LogP contribution < -0.4 is 5.32 Å². The second kappa shape index (κ2) is 6.05. The van der Waals surface area contributed by atoms with Gasteiger partial charge in [0.25, 0.3) is 0 Å². The summed E-state index contributed by atoms with van der Waals surface area (Å²) < 4.78 is 1.30. The molecule has 3 rings (SSSR count). The highest BCUT2D eigenvalue weighted by Crippen LogP contribution is 2.38. The first kappa shape index (κ1) is 15.0. The average Bonchev–Trinajstić information content (AvgIpc) is 2.87. The van der Waals surface area contributed by atoms with E-state index in [4.69, 9.17) is 4.98 Å². The molecule has 1 saturated carbocycles. The zero-order valence-corrected chi connectivity index (χ0v) is 14.2. The van der Waals surface area contributed by atoms with E-state index in [0.29, 0.717) is 11.5 Å². The summed E-state index contributed by atoms with van der Waals surface area (Å²) in [4.78, 5) is 4.74. The minimum absolute atomic E-state index is 0.395. The van der Waals surface area contributed by atoms with Crippen molar-refractivity contribution in [1.29, 1.82) is 0 Å². The third-order valence-electron chi connectivity index (χ3n) is 4.73. The lowest BCUT2D eigenvalue weighted by Gasteiger charge is -2.40. The van der Waals surface area contributed by atoms with Crippen molar-refractivity contribution in [3.8, 4) is 0 Å². The molecule has 2 aromatic rings. The lowest BCUT2D eigenvalue weighted by molar-refractivity contribution is 0.130. The van der Waals surface area contributed by atoms with Gasteiger partial charge in [0.1, 0.15) is 5.01 Å². The summed E-state index contributed by atoms with van der Waals surface area (Å²) in [6.45, 7) is 8.07. The minimum atomic E-state index is 0.395. The highest BCUT2D eigenvalue weighted by Gasteiger charge is 2.33. The largest absolute Gasteiger partial charge is 0.307 e. The van der Waals surface area contributed by atoms with E-state index in [-0.39, 0.29) is 0 Å². The molecule has 1 aliphatic carbocycles. The number of nitrogens with one attached hydrogen (secondary N) is 1. The van der Waals surface area contributed by atoms with Crippen LogP contribution in [-0.2, 0) is 6.54 Å². The Morgan fingerprint density at radius 2 is 1.95 bits per heavy atom. The normalized spacial score (nSPS) is 23.6. The van der Waals surface area contributed by atoms with Crippen molar-refractivity contribution in [3.05, 3.63) is 29.3 Å². The first-order chi connectivity index (χ1) is 10.0. The topological polar surface area (TPSA) is 24.9 Å². The standard InChI is InChI=1S/C18H26N2S/c1-18(2,3)13-8-4-5-9-14(13)19-12-17-20-15-10-6-7-11-16(15)21-17/h6-7,10-11,13-14,19H,4-5,8-9,12H2,1-3H3. The van der Waals surface area contributed by atoms with Gasteiger partial charge in [-0.05, 0) is 36.3 Å². The molecule has 0 aliphatic heterocycles. The summed E-state index contributed by atoms with van der Waals surface area (Å²) in [5.41, 5.74) is 1.53. The minimum Gasteiger partial charge on any atom is -0.307 e. The van der Waals surface area contributed by atoms with E-state index >= 15 is 0 Å². The molecule has 3 heteroatoms. The van der Waals surface area contributed by atoms with Crippen LogP contribution in [0.3, 0.4) is 0 Å². The van der Waals surface area contributed by atoms with Crippen molar-refractivity contribution >= 4 is 21.6 Å². The van der Waals surface area contributed by atoms with Gasteiger partial charge in [-0.25, -0.2) is 4.98 Å². The highest BCUT2D eigenvalue weighted by molar-refractivity contribution is 7.18. The molecule has 0 amide bonds. The van der Waals surface area contributed by atoms with Crippen LogP contribution in [0.5, 0.6) is 0 Å². The number of para-hydroxylation sites is 1. The van der Waals surface area contributed by atoms with Crippen molar-refractivity contribution in [2.24, 2.45) is 11.3 Å². The molecule has 0 spiro atoms. The molecule has 1 aromatic heterocycles. The van der Waals surface area contributed by atoms with Crippen molar-refractivity contribution in [1.82, 2.24) is 10.3 Å². The molecule has 2 unspecified atom stereocenters. The monoisotopic (exact) mass is 302 g/mol. The molecule has 114 valence electrons. The summed E-state index contributed by atoms with van der Waals surface area (Å²) >= 11 is 1.82. The molecule has 2 atom stereocenters. The number of aromatic nitrogens is 1. The third kappa shape index (κ3) is 3.46. The first-order valence-electron chi connectivity index (χ1n) is 8.12. The molecule has 1 aliphatic rings. The van der Waals surface area contributed by atoms with Crippen LogP contribution >= 0.6 is 11.3 Å². The van der Waals surface area contributed by atoms with Crippen LogP contribution in [-0.4, -0.2) is 11.0 Å². The predicted octanol–water partition coefficient (Wildman–Crippen LogP) is 4.99. The van der Waals surface area contributed by atoms with Gasteiger partial charge in [0.2, 0.25) is 0 Å². The summed E-state index contributed by atoms with van der Waals surface area (Å²) in [5.74, 6) is 0.778. The Hall–Kier alpha value is -0.930. The number of fused-ring (bicyclic) bond motifs is 1. The van der Waals surface area contributed by atoms with Crippen LogP contribution in [0, 0.1) is 11.3 Å². The molecule has 1 heterocycles. The summed E-state index contributed by atoms with van der Waals surface area (Å²) in [7, 11) is 0. The van der Waals surface area contributed by atoms with Gasteiger partial charge in [-0.1, -0.05) is 45.7 Å². The first-order valence-corrected chi connectivity index (χ1v) is 8.93. The highest BCUT2D eigenvalue weighted by atomic mass is 32.1. The molecule has 1 aromatic carbocycles. The van der Waals surface area contributed by atoms with Gasteiger partial charge in [0.05, 0.1) is 10.2 Å². The van der Waals surface area contributed by atoms with Gasteiger partial charge < -0.3 is 5.32 Å². The van der Waals surface area contributed by atoms with Gasteiger partial charge in [-0.2, -0.15) is 0 Å². The number of benzene rings is 1. The molecule has 2 nitrogen and oxygen atoms in total. The molecule has 0 saturated heterocycles. The number of thiazole rings is 1. The van der Waals surface area contributed by atoms with Crippen LogP contribution in [0.2, 0.25) is 0 Å². The third-order valence-corrected chi connectivity index (χ3v) is 5.77. The van der Waals surface area contributed by atoms with Gasteiger partial charge in [-0.15, -0.1) is 11.3 Å². The zero-order valence-electron chi connectivity index (χ0n) is 13.4. The Bertz CT molecular complexity index is 564. The lowest BCUT2D eigenvalue weighted by Crippen LogP contribution is -2.43. The maximum atomic E-state index is 4.74. The van der Waals surface area contributed by atoms with E-state index < -0.39 is 0 Å². The van der Waals surface area contributed by atoms with Crippen molar-refractivity contribution in [3.63, 3.8) is 0 Å². The van der Waals surface area contributed by atoms with E-state index in [1.54, 1.807) is 0 Å². The summed E-state index contributed by atoms with van der Waals surface area (Å²) in [6, 6.07) is 9.07. The van der Waals surface area contributed by atoms with Crippen LogP contribution in [0.25, 0.3) is 10.2 Å². The number of hydrogen-bond donors (Lipinski definition) is 1. The quantitative estimate of drug-likeness (QED) is 0.864. The SMILES string of the molecule is CC(C)(C)C1CCCCC1NCc1nc2ccccc2s1. The maximum Gasteiger partial charge on any atom is 0.108 e. The maximum absolute atomic E-state index is 4.74. The smallest absolute Gasteiger partial charge is 0.108 e. The Morgan fingerprint density at radius 1 is 1.19 bits per heavy atom. The van der Waals surface area contributed by atoms with Crippen LogP contribution in [0.1, 0.15) is 51.5 Å². The van der Waals surface area contributed by atoms with Crippen molar-refractivity contribution in [2.75, 3.05) is 0 Å². The predicted molar refractivity (Wildman–Crippen MR) is 91.7 cm³/mol. The number of nitrogens with zero attached hydrogens (tertiary/aromatic N) is 1. The number of rotatable bonds is 3. The molecular formula is C18H26N2S. The Balaban J connectivity index is 1.68. The Kier molecular flexibility index (Phi) is 4.32. The fourth-order valence-corrected chi connectivity index (χ4v) is 4.54. The van der Waals surface area contributed by atoms with Crippen LogP contribution in [0.4, 0.5) is 0 Å². The van der Waals surface area contributed by atoms with Gasteiger partial charge in [-0.3, -0.25) is 0 Å². The summed E-state index contributed by atoms with van der Waals surface area (Å²) in [5, 5.41) is 5.02.